The van der Waals surface area contributed by atoms with Crippen molar-refractivity contribution in [2.75, 3.05) is 52.5 Å². The first-order valence-electron chi connectivity index (χ1n) is 6.53. The second kappa shape index (κ2) is 6.47. The third-order valence-electron chi connectivity index (χ3n) is 3.33. The number of hydrogen-bond acceptors (Lipinski definition) is 5. The molecule has 0 aromatic carbocycles. The van der Waals surface area contributed by atoms with Crippen LogP contribution in [0.15, 0.2) is 0 Å². The third-order valence-corrected chi connectivity index (χ3v) is 3.33. The lowest BCUT2D eigenvalue weighted by Gasteiger charge is -2.37. The van der Waals surface area contributed by atoms with Gasteiger partial charge >= 0.3 is 0 Å². The van der Waals surface area contributed by atoms with E-state index in [1.54, 1.807) is 0 Å². The van der Waals surface area contributed by atoms with E-state index < -0.39 is 0 Å². The summed E-state index contributed by atoms with van der Waals surface area (Å²) in [4.78, 5) is 16.0. The number of carbonyl (C=O) groups is 1. The zero-order valence-electron chi connectivity index (χ0n) is 10.9. The van der Waals surface area contributed by atoms with Gasteiger partial charge < -0.3 is 19.5 Å². The molecule has 18 heavy (non-hydrogen) atoms. The molecule has 0 aromatic rings. The van der Waals surface area contributed by atoms with Gasteiger partial charge in [0.25, 0.3) is 0 Å². The first-order chi connectivity index (χ1) is 8.69. The minimum atomic E-state index is -0.175. The Balaban J connectivity index is 1.82. The van der Waals surface area contributed by atoms with Gasteiger partial charge in [0.1, 0.15) is 0 Å². The van der Waals surface area contributed by atoms with Crippen molar-refractivity contribution in [3.05, 3.63) is 0 Å². The highest BCUT2D eigenvalue weighted by atomic mass is 16.5. The number of nitrogens with zero attached hydrogens (tertiary/aromatic N) is 2. The normalized spacial score (nSPS) is 30.4. The fourth-order valence-corrected chi connectivity index (χ4v) is 2.47. The van der Waals surface area contributed by atoms with Crippen LogP contribution in [0.2, 0.25) is 0 Å². The second-order valence-electron chi connectivity index (χ2n) is 4.94. The van der Waals surface area contributed by atoms with Crippen LogP contribution >= 0.6 is 0 Å². The molecule has 2 rings (SSSR count). The number of carbonyl (C=O) groups excluding carboxylic acids is 1. The number of morpholine rings is 2. The lowest BCUT2D eigenvalue weighted by molar-refractivity contribution is -0.141. The summed E-state index contributed by atoms with van der Waals surface area (Å²) in [7, 11) is 0. The van der Waals surface area contributed by atoms with E-state index in [9.17, 15) is 4.79 Å². The van der Waals surface area contributed by atoms with Crippen LogP contribution in [0.1, 0.15) is 6.92 Å². The van der Waals surface area contributed by atoms with Gasteiger partial charge in [-0.05, 0) is 6.92 Å². The fourth-order valence-electron chi connectivity index (χ4n) is 2.47. The van der Waals surface area contributed by atoms with Crippen molar-refractivity contribution >= 4 is 5.91 Å². The Bertz CT molecular complexity index is 281. The lowest BCUT2D eigenvalue weighted by atomic mass is 10.2. The van der Waals surface area contributed by atoms with Crippen molar-refractivity contribution in [3.63, 3.8) is 0 Å². The van der Waals surface area contributed by atoms with Gasteiger partial charge in [-0.15, -0.1) is 0 Å². The molecule has 1 amide bonds. The smallest absolute Gasteiger partial charge is 0.236 e. The molecule has 2 saturated heterocycles. The van der Waals surface area contributed by atoms with Crippen molar-refractivity contribution in [2.24, 2.45) is 0 Å². The van der Waals surface area contributed by atoms with Crippen molar-refractivity contribution in [1.29, 1.82) is 0 Å². The molecule has 2 atom stereocenters. The molecule has 2 aliphatic heterocycles. The Morgan fingerprint density at radius 2 is 2.06 bits per heavy atom. The summed E-state index contributed by atoms with van der Waals surface area (Å²) in [6.45, 7) is 6.37. The van der Waals surface area contributed by atoms with E-state index in [1.165, 1.54) is 0 Å². The highest BCUT2D eigenvalue weighted by Crippen LogP contribution is 2.11. The largest absolute Gasteiger partial charge is 0.394 e. The van der Waals surface area contributed by atoms with Crippen molar-refractivity contribution in [1.82, 2.24) is 9.80 Å². The van der Waals surface area contributed by atoms with E-state index in [2.05, 4.69) is 4.90 Å². The molecule has 6 nitrogen and oxygen atoms in total. The predicted octanol–water partition coefficient (Wildman–Crippen LogP) is -1.07. The Morgan fingerprint density at radius 3 is 2.72 bits per heavy atom. The average molecular weight is 258 g/mol. The van der Waals surface area contributed by atoms with E-state index in [0.717, 1.165) is 6.54 Å². The summed E-state index contributed by atoms with van der Waals surface area (Å²) < 4.78 is 10.8. The fraction of sp³-hybridized carbons (Fsp3) is 0.917. The van der Waals surface area contributed by atoms with Gasteiger partial charge in [0.2, 0.25) is 5.91 Å². The predicted molar refractivity (Wildman–Crippen MR) is 65.3 cm³/mol. The van der Waals surface area contributed by atoms with Crippen LogP contribution in [-0.4, -0.2) is 85.6 Å². The Hall–Kier alpha value is -0.690. The monoisotopic (exact) mass is 258 g/mol. The summed E-state index contributed by atoms with van der Waals surface area (Å²) in [5, 5.41) is 9.15. The molecule has 6 heteroatoms. The van der Waals surface area contributed by atoms with Crippen molar-refractivity contribution < 1.29 is 19.4 Å². The maximum absolute atomic E-state index is 12.1. The Kier molecular flexibility index (Phi) is 4.94. The van der Waals surface area contributed by atoms with Gasteiger partial charge in [0, 0.05) is 26.2 Å². The lowest BCUT2D eigenvalue weighted by Crippen LogP contribution is -2.52. The zero-order valence-corrected chi connectivity index (χ0v) is 10.9. The molecular formula is C12H22N2O4. The number of ether oxygens (including phenoxy) is 2. The molecule has 0 aromatic heterocycles. The number of hydrogen-bond donors (Lipinski definition) is 1. The first kappa shape index (κ1) is 13.7. The molecule has 0 saturated carbocycles. The van der Waals surface area contributed by atoms with Crippen LogP contribution in [0.5, 0.6) is 0 Å². The molecule has 2 unspecified atom stereocenters. The topological polar surface area (TPSA) is 62.2 Å². The molecule has 0 radical (unpaired) electrons. The van der Waals surface area contributed by atoms with Crippen molar-refractivity contribution in [2.45, 2.75) is 19.1 Å². The second-order valence-corrected chi connectivity index (χ2v) is 4.94. The van der Waals surface area contributed by atoms with Gasteiger partial charge in [-0.3, -0.25) is 9.69 Å². The molecule has 2 fully saturated rings. The zero-order chi connectivity index (χ0) is 13.0. The van der Waals surface area contributed by atoms with E-state index in [0.29, 0.717) is 39.4 Å². The summed E-state index contributed by atoms with van der Waals surface area (Å²) in [5.74, 6) is 0.143. The van der Waals surface area contributed by atoms with E-state index in [4.69, 9.17) is 14.6 Å². The van der Waals surface area contributed by atoms with Gasteiger partial charge in [-0.25, -0.2) is 0 Å². The summed E-state index contributed by atoms with van der Waals surface area (Å²) >= 11 is 0. The summed E-state index contributed by atoms with van der Waals surface area (Å²) in [6.07, 6.45) is -0.111. The molecular weight excluding hydrogens is 236 g/mol. The maximum atomic E-state index is 12.1. The molecule has 1 N–H and O–H groups in total. The molecule has 2 aliphatic rings. The van der Waals surface area contributed by atoms with Gasteiger partial charge in [-0.1, -0.05) is 0 Å². The Labute approximate surface area is 107 Å². The van der Waals surface area contributed by atoms with Crippen molar-refractivity contribution in [3.8, 4) is 0 Å². The first-order valence-corrected chi connectivity index (χ1v) is 6.53. The van der Waals surface area contributed by atoms with Gasteiger partial charge in [0.15, 0.2) is 0 Å². The average Bonchev–Trinajstić information content (AvgIpc) is 2.39. The van der Waals surface area contributed by atoms with E-state index in [-0.39, 0.29) is 24.7 Å². The molecule has 0 bridgehead atoms. The third kappa shape index (κ3) is 3.65. The molecule has 104 valence electrons. The van der Waals surface area contributed by atoms with E-state index in [1.807, 2.05) is 11.8 Å². The quantitative estimate of drug-likeness (QED) is 0.698. The van der Waals surface area contributed by atoms with Gasteiger partial charge in [-0.2, -0.15) is 0 Å². The summed E-state index contributed by atoms with van der Waals surface area (Å²) in [6, 6.07) is 0. The van der Waals surface area contributed by atoms with Crippen LogP contribution in [0.25, 0.3) is 0 Å². The number of amides is 1. The van der Waals surface area contributed by atoms with Crippen LogP contribution in [0.3, 0.4) is 0 Å². The highest BCUT2D eigenvalue weighted by Gasteiger charge is 2.27. The van der Waals surface area contributed by atoms with E-state index >= 15 is 0 Å². The summed E-state index contributed by atoms with van der Waals surface area (Å²) in [5.41, 5.74) is 0. The minimum absolute atomic E-state index is 0.00653. The number of rotatable bonds is 3. The minimum Gasteiger partial charge on any atom is -0.394 e. The molecule has 0 aliphatic carbocycles. The van der Waals surface area contributed by atoms with Crippen LogP contribution < -0.4 is 0 Å². The number of aliphatic hydroxyl groups excluding tert-OH is 1. The van der Waals surface area contributed by atoms with Crippen LogP contribution in [0, 0.1) is 0 Å². The standard InChI is InChI=1S/C12H22N2O4/c1-10-6-13(7-11(9-15)18-10)8-12(16)14-2-4-17-5-3-14/h10-11,15H,2-9H2,1H3. The number of aliphatic hydroxyl groups is 1. The van der Waals surface area contributed by atoms with Gasteiger partial charge in [0.05, 0.1) is 38.6 Å². The maximum Gasteiger partial charge on any atom is 0.236 e. The molecule has 0 spiro atoms. The SMILES string of the molecule is CC1CN(CC(=O)N2CCOCC2)CC(CO)O1. The highest BCUT2D eigenvalue weighted by molar-refractivity contribution is 5.78. The molecule has 2 heterocycles. The van der Waals surface area contributed by atoms with Crippen LogP contribution in [0.4, 0.5) is 0 Å². The Morgan fingerprint density at radius 1 is 1.33 bits per heavy atom. The van der Waals surface area contributed by atoms with Crippen LogP contribution in [-0.2, 0) is 14.3 Å².